The first-order chi connectivity index (χ1) is 9.83. The molecule has 4 heteroatoms. The molecule has 0 spiro atoms. The van der Waals surface area contributed by atoms with Crippen LogP contribution in [0.3, 0.4) is 0 Å². The Balaban J connectivity index is 2.17. The molecule has 0 amide bonds. The van der Waals surface area contributed by atoms with E-state index in [-0.39, 0.29) is 0 Å². The summed E-state index contributed by atoms with van der Waals surface area (Å²) >= 11 is 0. The number of ether oxygens (including phenoxy) is 1. The van der Waals surface area contributed by atoms with Crippen molar-refractivity contribution in [1.29, 1.82) is 0 Å². The molecule has 1 aliphatic heterocycles. The molecule has 4 nitrogen and oxygen atoms in total. The largest absolute Gasteiger partial charge is 0.380 e. The molecule has 0 aromatic carbocycles. The summed E-state index contributed by atoms with van der Waals surface area (Å²) in [5.41, 5.74) is 2.55. The van der Waals surface area contributed by atoms with E-state index in [9.17, 15) is 0 Å². The zero-order valence-corrected chi connectivity index (χ0v) is 12.8. The van der Waals surface area contributed by atoms with Crippen LogP contribution in [0.25, 0.3) is 0 Å². The van der Waals surface area contributed by atoms with E-state index in [1.807, 2.05) is 0 Å². The zero-order chi connectivity index (χ0) is 14.2. The van der Waals surface area contributed by atoms with Crippen LogP contribution in [0.15, 0.2) is 12.1 Å². The summed E-state index contributed by atoms with van der Waals surface area (Å²) in [5.74, 6) is 1.12. The molecule has 1 saturated heterocycles. The number of anilines is 1. The predicted molar refractivity (Wildman–Crippen MR) is 83.3 cm³/mol. The molecule has 1 aromatic heterocycles. The van der Waals surface area contributed by atoms with Gasteiger partial charge in [0.2, 0.25) is 0 Å². The number of aryl methyl sites for hydroxylation is 1. The number of pyridine rings is 1. The van der Waals surface area contributed by atoms with Gasteiger partial charge in [0, 0.05) is 31.9 Å². The highest BCUT2D eigenvalue weighted by molar-refractivity contribution is 5.43. The maximum atomic E-state index is 5.54. The van der Waals surface area contributed by atoms with Crippen LogP contribution in [-0.4, -0.2) is 37.8 Å². The molecule has 0 atom stereocenters. The van der Waals surface area contributed by atoms with Crippen molar-refractivity contribution in [2.24, 2.45) is 0 Å². The number of rotatable bonds is 6. The summed E-state index contributed by atoms with van der Waals surface area (Å²) in [6, 6.07) is 4.47. The maximum absolute atomic E-state index is 5.54. The quantitative estimate of drug-likeness (QED) is 0.866. The monoisotopic (exact) mass is 277 g/mol. The smallest absolute Gasteiger partial charge is 0.129 e. The van der Waals surface area contributed by atoms with Crippen molar-refractivity contribution >= 4 is 5.82 Å². The van der Waals surface area contributed by atoms with Crippen LogP contribution in [0, 0.1) is 0 Å². The molecule has 1 aromatic rings. The van der Waals surface area contributed by atoms with E-state index in [1.54, 1.807) is 0 Å². The van der Waals surface area contributed by atoms with Gasteiger partial charge < -0.3 is 15.0 Å². The highest BCUT2D eigenvalue weighted by Crippen LogP contribution is 2.18. The average molecular weight is 277 g/mol. The van der Waals surface area contributed by atoms with Gasteiger partial charge in [-0.3, -0.25) is 0 Å². The standard InChI is InChI=1S/C16H27N3O/c1-3-6-15-11-14(13-17-4-2)12-16(18-15)19-7-5-9-20-10-8-19/h11-12,17H,3-10,13H2,1-2H3. The van der Waals surface area contributed by atoms with Gasteiger partial charge in [0.25, 0.3) is 0 Å². The number of nitrogens with one attached hydrogen (secondary N) is 1. The van der Waals surface area contributed by atoms with Crippen molar-refractivity contribution in [3.63, 3.8) is 0 Å². The Hall–Kier alpha value is -1.13. The first-order valence-electron chi connectivity index (χ1n) is 7.86. The Bertz CT molecular complexity index is 401. The summed E-state index contributed by atoms with van der Waals surface area (Å²) in [6.07, 6.45) is 3.28. The molecule has 20 heavy (non-hydrogen) atoms. The van der Waals surface area contributed by atoms with E-state index in [2.05, 4.69) is 36.2 Å². The van der Waals surface area contributed by atoms with Gasteiger partial charge in [-0.15, -0.1) is 0 Å². The highest BCUT2D eigenvalue weighted by Gasteiger charge is 2.13. The second-order valence-electron chi connectivity index (χ2n) is 5.31. The van der Waals surface area contributed by atoms with Crippen LogP contribution in [-0.2, 0) is 17.7 Å². The lowest BCUT2D eigenvalue weighted by atomic mass is 10.1. The van der Waals surface area contributed by atoms with Gasteiger partial charge in [-0.1, -0.05) is 20.3 Å². The van der Waals surface area contributed by atoms with E-state index < -0.39 is 0 Å². The molecular formula is C16H27N3O. The fourth-order valence-electron chi connectivity index (χ4n) is 2.53. The van der Waals surface area contributed by atoms with E-state index >= 15 is 0 Å². The van der Waals surface area contributed by atoms with Gasteiger partial charge in [-0.05, 0) is 37.1 Å². The minimum Gasteiger partial charge on any atom is -0.380 e. The third kappa shape index (κ3) is 4.46. The van der Waals surface area contributed by atoms with Gasteiger partial charge in [-0.25, -0.2) is 4.98 Å². The van der Waals surface area contributed by atoms with Crippen LogP contribution >= 0.6 is 0 Å². The van der Waals surface area contributed by atoms with Gasteiger partial charge >= 0.3 is 0 Å². The molecule has 1 aliphatic rings. The normalized spacial score (nSPS) is 16.2. The Labute approximate surface area is 122 Å². The third-order valence-corrected chi connectivity index (χ3v) is 3.56. The predicted octanol–water partition coefficient (Wildman–Crippen LogP) is 2.37. The van der Waals surface area contributed by atoms with E-state index in [0.29, 0.717) is 0 Å². The fraction of sp³-hybridized carbons (Fsp3) is 0.688. The summed E-state index contributed by atoms with van der Waals surface area (Å²) in [4.78, 5) is 7.20. The van der Waals surface area contributed by atoms with Crippen LogP contribution in [0.4, 0.5) is 5.82 Å². The van der Waals surface area contributed by atoms with Crippen LogP contribution < -0.4 is 10.2 Å². The number of aromatic nitrogens is 1. The van der Waals surface area contributed by atoms with E-state index in [0.717, 1.165) is 64.5 Å². The minimum atomic E-state index is 0.808. The molecule has 0 unspecified atom stereocenters. The van der Waals surface area contributed by atoms with Crippen molar-refractivity contribution < 1.29 is 4.74 Å². The molecule has 0 aliphatic carbocycles. The van der Waals surface area contributed by atoms with Gasteiger partial charge in [0.05, 0.1) is 6.61 Å². The van der Waals surface area contributed by atoms with Crippen LogP contribution in [0.5, 0.6) is 0 Å². The minimum absolute atomic E-state index is 0.808. The van der Waals surface area contributed by atoms with Gasteiger partial charge in [0.15, 0.2) is 0 Å². The van der Waals surface area contributed by atoms with Gasteiger partial charge in [0.1, 0.15) is 5.82 Å². The molecular weight excluding hydrogens is 250 g/mol. The van der Waals surface area contributed by atoms with Gasteiger partial charge in [-0.2, -0.15) is 0 Å². The Morgan fingerprint density at radius 1 is 1.25 bits per heavy atom. The summed E-state index contributed by atoms with van der Waals surface area (Å²) < 4.78 is 5.54. The lowest BCUT2D eigenvalue weighted by Gasteiger charge is -2.22. The fourth-order valence-corrected chi connectivity index (χ4v) is 2.53. The average Bonchev–Trinajstić information content (AvgIpc) is 2.74. The molecule has 1 N–H and O–H groups in total. The Morgan fingerprint density at radius 3 is 2.95 bits per heavy atom. The molecule has 1 fully saturated rings. The zero-order valence-electron chi connectivity index (χ0n) is 12.8. The second kappa shape index (κ2) is 8.22. The number of hydrogen-bond donors (Lipinski definition) is 1. The molecule has 0 bridgehead atoms. The van der Waals surface area contributed by atoms with Crippen molar-refractivity contribution in [3.05, 3.63) is 23.4 Å². The summed E-state index contributed by atoms with van der Waals surface area (Å²) in [5, 5.41) is 3.41. The molecule has 2 rings (SSSR count). The lowest BCUT2D eigenvalue weighted by molar-refractivity contribution is 0.152. The van der Waals surface area contributed by atoms with E-state index in [4.69, 9.17) is 9.72 Å². The molecule has 112 valence electrons. The van der Waals surface area contributed by atoms with Crippen LogP contribution in [0.1, 0.15) is 37.9 Å². The summed E-state index contributed by atoms with van der Waals surface area (Å²) in [7, 11) is 0. The van der Waals surface area contributed by atoms with Crippen molar-refractivity contribution in [1.82, 2.24) is 10.3 Å². The SMILES string of the molecule is CCCc1cc(CNCC)cc(N2CCCOCC2)n1. The second-order valence-corrected chi connectivity index (χ2v) is 5.31. The molecule has 0 saturated carbocycles. The first kappa shape index (κ1) is 15.3. The molecule has 2 heterocycles. The molecule has 0 radical (unpaired) electrons. The van der Waals surface area contributed by atoms with E-state index in [1.165, 1.54) is 11.3 Å². The first-order valence-corrected chi connectivity index (χ1v) is 7.86. The summed E-state index contributed by atoms with van der Waals surface area (Å²) in [6.45, 7) is 9.94. The Kier molecular flexibility index (Phi) is 6.27. The lowest BCUT2D eigenvalue weighted by Crippen LogP contribution is -2.27. The van der Waals surface area contributed by atoms with Crippen molar-refractivity contribution in [3.8, 4) is 0 Å². The highest BCUT2D eigenvalue weighted by atomic mass is 16.5. The number of hydrogen-bond acceptors (Lipinski definition) is 4. The maximum Gasteiger partial charge on any atom is 0.129 e. The third-order valence-electron chi connectivity index (χ3n) is 3.56. The van der Waals surface area contributed by atoms with Crippen molar-refractivity contribution in [2.75, 3.05) is 37.7 Å². The van der Waals surface area contributed by atoms with Crippen molar-refractivity contribution in [2.45, 2.75) is 39.7 Å². The topological polar surface area (TPSA) is 37.4 Å². The Morgan fingerprint density at radius 2 is 2.15 bits per heavy atom. The van der Waals surface area contributed by atoms with Crippen LogP contribution in [0.2, 0.25) is 0 Å². The number of nitrogens with zero attached hydrogens (tertiary/aromatic N) is 2.